The van der Waals surface area contributed by atoms with Crippen molar-refractivity contribution in [1.29, 1.82) is 5.26 Å². The van der Waals surface area contributed by atoms with E-state index in [1.165, 1.54) is 6.20 Å². The smallest absolute Gasteiger partial charge is 0.229 e. The van der Waals surface area contributed by atoms with Crippen LogP contribution < -0.4 is 20.3 Å². The maximum atomic E-state index is 13.0. The minimum Gasteiger partial charge on any atom is -0.477 e. The number of halogens is 1. The van der Waals surface area contributed by atoms with Crippen molar-refractivity contribution in [2.24, 2.45) is 0 Å². The number of carbonyl (C=O) groups excluding carboxylic acids is 1. The molecule has 1 aliphatic heterocycles. The lowest BCUT2D eigenvalue weighted by atomic mass is 9.80. The molecule has 0 bridgehead atoms. The van der Waals surface area contributed by atoms with Crippen molar-refractivity contribution >= 4 is 46.3 Å². The Morgan fingerprint density at radius 1 is 1.22 bits per heavy atom. The topological polar surface area (TPSA) is 112 Å². The van der Waals surface area contributed by atoms with E-state index in [0.29, 0.717) is 47.8 Å². The van der Waals surface area contributed by atoms with E-state index in [9.17, 15) is 4.79 Å². The maximum Gasteiger partial charge on any atom is 0.229 e. The van der Waals surface area contributed by atoms with Crippen LogP contribution in [-0.2, 0) is 14.9 Å². The van der Waals surface area contributed by atoms with Crippen LogP contribution in [0.25, 0.3) is 0 Å². The predicted molar refractivity (Wildman–Crippen MR) is 144 cm³/mol. The van der Waals surface area contributed by atoms with E-state index in [0.717, 1.165) is 23.4 Å². The van der Waals surface area contributed by atoms with Gasteiger partial charge in [-0.15, -0.1) is 0 Å². The maximum absolute atomic E-state index is 13.0. The van der Waals surface area contributed by atoms with Gasteiger partial charge >= 0.3 is 0 Å². The molecule has 0 radical (unpaired) electrons. The summed E-state index contributed by atoms with van der Waals surface area (Å²) in [6.07, 6.45) is 2.74. The number of amides is 1. The normalized spacial score (nSPS) is 14.4. The highest BCUT2D eigenvalue weighted by Crippen LogP contribution is 2.41. The van der Waals surface area contributed by atoms with Gasteiger partial charge in [-0.3, -0.25) is 4.79 Å². The van der Waals surface area contributed by atoms with Crippen LogP contribution in [0.5, 0.6) is 5.75 Å². The molecule has 9 nitrogen and oxygen atoms in total. The minimum atomic E-state index is -0.153. The number of ether oxygens (including phenoxy) is 2. The minimum absolute atomic E-state index is 0.0764. The van der Waals surface area contributed by atoms with Gasteiger partial charge in [0.25, 0.3) is 0 Å². The zero-order valence-corrected chi connectivity index (χ0v) is 21.8. The number of carbonyl (C=O) groups is 1. The summed E-state index contributed by atoms with van der Waals surface area (Å²) in [5.74, 6) is 1.28. The zero-order valence-electron chi connectivity index (χ0n) is 21.0. The van der Waals surface area contributed by atoms with Crippen LogP contribution in [0.4, 0.5) is 28.8 Å². The first kappa shape index (κ1) is 26.2. The van der Waals surface area contributed by atoms with Gasteiger partial charge < -0.3 is 25.0 Å². The number of nitrogens with zero attached hydrogens (tertiary/aromatic N) is 4. The number of nitrogens with one attached hydrogen (secondary N) is 2. The first-order valence-electron chi connectivity index (χ1n) is 11.9. The Morgan fingerprint density at radius 3 is 2.81 bits per heavy atom. The quantitative estimate of drug-likeness (QED) is 0.376. The van der Waals surface area contributed by atoms with E-state index in [-0.39, 0.29) is 17.9 Å². The second kappa shape index (κ2) is 11.5. The molecule has 0 atom stereocenters. The van der Waals surface area contributed by atoms with Crippen LogP contribution in [-0.4, -0.2) is 42.7 Å². The van der Waals surface area contributed by atoms with Crippen molar-refractivity contribution in [3.63, 3.8) is 0 Å². The van der Waals surface area contributed by atoms with E-state index >= 15 is 0 Å². The molecule has 10 heteroatoms. The number of para-hydroxylation sites is 2. The van der Waals surface area contributed by atoms with E-state index in [4.69, 9.17) is 26.3 Å². The van der Waals surface area contributed by atoms with Crippen LogP contribution in [0.3, 0.4) is 0 Å². The number of benzene rings is 2. The molecule has 0 saturated heterocycles. The lowest BCUT2D eigenvalue weighted by Crippen LogP contribution is -2.33. The Bertz CT molecular complexity index is 1320. The molecular weight excluding hydrogens is 492 g/mol. The standard InChI is InChI=1S/C27H29ClN6O3/c1-27(2)11-10-24(35)34(13-15-36-3)22-16-18(8-9-19(22)27)31-26-30-17-20(28)25(33-26)32-21-6-4-5-7-23(21)37-14-12-29/h4-9,16-17H,10-11,13-15H2,1-3H3,(H2,30,31,32,33). The van der Waals surface area contributed by atoms with E-state index in [1.54, 1.807) is 24.1 Å². The SMILES string of the molecule is COCCN1C(=O)CCC(C)(C)c2ccc(Nc3ncc(Cl)c(Nc4ccccc4OCC#N)n3)cc21. The molecule has 1 aromatic heterocycles. The van der Waals surface area contributed by atoms with E-state index in [2.05, 4.69) is 34.4 Å². The molecule has 0 aliphatic carbocycles. The Hall–Kier alpha value is -3.87. The van der Waals surface area contributed by atoms with Gasteiger partial charge in [0.2, 0.25) is 11.9 Å². The fraction of sp³-hybridized carbons (Fsp3) is 0.333. The molecule has 37 heavy (non-hydrogen) atoms. The van der Waals surface area contributed by atoms with Crippen molar-refractivity contribution in [3.8, 4) is 11.8 Å². The van der Waals surface area contributed by atoms with Gasteiger partial charge in [-0.2, -0.15) is 10.2 Å². The molecule has 2 N–H and O–H groups in total. The van der Waals surface area contributed by atoms with Gasteiger partial charge in [-0.1, -0.05) is 43.6 Å². The fourth-order valence-electron chi connectivity index (χ4n) is 4.23. The second-order valence-electron chi connectivity index (χ2n) is 9.24. The van der Waals surface area contributed by atoms with Gasteiger partial charge in [0.15, 0.2) is 12.4 Å². The van der Waals surface area contributed by atoms with Gasteiger partial charge in [0, 0.05) is 31.5 Å². The second-order valence-corrected chi connectivity index (χ2v) is 9.64. The highest BCUT2D eigenvalue weighted by Gasteiger charge is 2.33. The summed E-state index contributed by atoms with van der Waals surface area (Å²) in [7, 11) is 1.63. The number of rotatable bonds is 9. The average molecular weight is 521 g/mol. The number of hydrogen-bond donors (Lipinski definition) is 2. The first-order chi connectivity index (χ1) is 17.8. The molecule has 0 unspecified atom stereocenters. The summed E-state index contributed by atoms with van der Waals surface area (Å²) < 4.78 is 10.7. The largest absolute Gasteiger partial charge is 0.477 e. The number of hydrogen-bond acceptors (Lipinski definition) is 8. The summed E-state index contributed by atoms with van der Waals surface area (Å²) in [4.78, 5) is 23.6. The summed E-state index contributed by atoms with van der Waals surface area (Å²) in [5.41, 5.74) is 3.15. The van der Waals surface area contributed by atoms with Crippen LogP contribution in [0.15, 0.2) is 48.7 Å². The molecular formula is C27H29ClN6O3. The average Bonchev–Trinajstić information content (AvgIpc) is 2.98. The van der Waals surface area contributed by atoms with Gasteiger partial charge in [0.05, 0.1) is 18.5 Å². The highest BCUT2D eigenvalue weighted by atomic mass is 35.5. The first-order valence-corrected chi connectivity index (χ1v) is 12.3. The van der Waals surface area contributed by atoms with Crippen LogP contribution in [0, 0.1) is 11.3 Å². The zero-order chi connectivity index (χ0) is 26.4. The highest BCUT2D eigenvalue weighted by molar-refractivity contribution is 6.33. The lowest BCUT2D eigenvalue weighted by molar-refractivity contribution is -0.118. The summed E-state index contributed by atoms with van der Waals surface area (Å²) in [5, 5.41) is 15.6. The molecule has 2 heterocycles. The van der Waals surface area contributed by atoms with E-state index in [1.807, 2.05) is 36.4 Å². The van der Waals surface area contributed by atoms with E-state index < -0.39 is 0 Å². The molecule has 4 rings (SSSR count). The van der Waals surface area contributed by atoms with Gasteiger partial charge in [-0.05, 0) is 41.7 Å². The number of nitriles is 1. The molecule has 0 saturated carbocycles. The molecule has 1 amide bonds. The predicted octanol–water partition coefficient (Wildman–Crippen LogP) is 5.57. The van der Waals surface area contributed by atoms with Crippen molar-refractivity contribution in [2.75, 3.05) is 42.4 Å². The van der Waals surface area contributed by atoms with Crippen molar-refractivity contribution < 1.29 is 14.3 Å². The van der Waals surface area contributed by atoms with Gasteiger partial charge in [0.1, 0.15) is 16.8 Å². The third-order valence-corrected chi connectivity index (χ3v) is 6.51. The van der Waals surface area contributed by atoms with Crippen LogP contribution >= 0.6 is 11.6 Å². The third-order valence-electron chi connectivity index (χ3n) is 6.23. The number of methoxy groups -OCH3 is 1. The Labute approximate surface area is 221 Å². The molecule has 192 valence electrons. The van der Waals surface area contributed by atoms with Crippen molar-refractivity contribution in [3.05, 3.63) is 59.2 Å². The molecule has 2 aromatic carbocycles. The number of anilines is 5. The fourth-order valence-corrected chi connectivity index (χ4v) is 4.37. The molecule has 3 aromatic rings. The van der Waals surface area contributed by atoms with Crippen LogP contribution in [0.2, 0.25) is 5.02 Å². The molecule has 1 aliphatic rings. The van der Waals surface area contributed by atoms with Crippen LogP contribution in [0.1, 0.15) is 32.3 Å². The van der Waals surface area contributed by atoms with Crippen molar-refractivity contribution in [2.45, 2.75) is 32.1 Å². The Balaban J connectivity index is 1.63. The lowest BCUT2D eigenvalue weighted by Gasteiger charge is -2.28. The molecule has 0 fully saturated rings. The monoisotopic (exact) mass is 520 g/mol. The van der Waals surface area contributed by atoms with Gasteiger partial charge in [-0.25, -0.2) is 4.98 Å². The van der Waals surface area contributed by atoms with Crippen molar-refractivity contribution in [1.82, 2.24) is 9.97 Å². The number of fused-ring (bicyclic) bond motifs is 1. The third kappa shape index (κ3) is 6.10. The summed E-state index contributed by atoms with van der Waals surface area (Å²) in [6, 6.07) is 15.1. The molecule has 0 spiro atoms. The Morgan fingerprint density at radius 2 is 2.03 bits per heavy atom. The number of aromatic nitrogens is 2. The summed E-state index contributed by atoms with van der Waals surface area (Å²) >= 11 is 6.37. The Kier molecular flexibility index (Phi) is 8.11. The summed E-state index contributed by atoms with van der Waals surface area (Å²) in [6.45, 7) is 5.15.